The summed E-state index contributed by atoms with van der Waals surface area (Å²) < 4.78 is 22.6. The lowest BCUT2D eigenvalue weighted by molar-refractivity contribution is 0.0868. The van der Waals surface area contributed by atoms with E-state index in [1.165, 1.54) is 12.8 Å². The van der Waals surface area contributed by atoms with Gasteiger partial charge in [-0.05, 0) is 43.2 Å². The second-order valence-corrected chi connectivity index (χ2v) is 7.22. The van der Waals surface area contributed by atoms with Crippen LogP contribution in [0.4, 0.5) is 0 Å². The Kier molecular flexibility index (Phi) is 4.02. The number of methoxy groups -OCH3 is 2. The number of hydrogen-bond acceptors (Lipinski definition) is 6. The van der Waals surface area contributed by atoms with E-state index < -0.39 is 0 Å². The van der Waals surface area contributed by atoms with Crippen LogP contribution in [-0.2, 0) is 6.54 Å². The molecule has 144 valence electrons. The number of hydrogen-bond donors (Lipinski definition) is 0. The molecule has 2 aromatic rings. The molecular formula is C22H21NO5. The molecule has 0 unspecified atom stereocenters. The summed E-state index contributed by atoms with van der Waals surface area (Å²) in [5, 5.41) is 0. The van der Waals surface area contributed by atoms with Crippen LogP contribution in [0.1, 0.15) is 34.3 Å². The van der Waals surface area contributed by atoms with Crippen LogP contribution in [0.25, 0.3) is 6.08 Å². The molecule has 0 saturated heterocycles. The van der Waals surface area contributed by atoms with Gasteiger partial charge in [0.05, 0.1) is 25.3 Å². The summed E-state index contributed by atoms with van der Waals surface area (Å²) in [6.07, 6.45) is 4.13. The molecular weight excluding hydrogens is 358 g/mol. The van der Waals surface area contributed by atoms with Gasteiger partial charge in [-0.1, -0.05) is 0 Å². The fraction of sp³-hybridized carbons (Fsp3) is 0.318. The Hall–Kier alpha value is -2.99. The highest BCUT2D eigenvalue weighted by atomic mass is 16.5. The van der Waals surface area contributed by atoms with E-state index in [2.05, 4.69) is 4.90 Å². The lowest BCUT2D eigenvalue weighted by Gasteiger charge is -2.29. The van der Waals surface area contributed by atoms with E-state index in [1.54, 1.807) is 32.4 Å². The molecule has 0 bridgehead atoms. The van der Waals surface area contributed by atoms with Crippen LogP contribution in [0.15, 0.2) is 36.1 Å². The molecule has 5 rings (SSSR count). The maximum atomic E-state index is 12.9. The van der Waals surface area contributed by atoms with Crippen LogP contribution < -0.4 is 18.9 Å². The number of benzene rings is 2. The van der Waals surface area contributed by atoms with Gasteiger partial charge in [0.25, 0.3) is 0 Å². The Balaban J connectivity index is 1.50. The molecule has 0 spiro atoms. The average Bonchev–Trinajstić information content (AvgIpc) is 3.53. The molecule has 0 amide bonds. The number of nitrogens with zero attached hydrogens (tertiary/aromatic N) is 1. The monoisotopic (exact) mass is 379 g/mol. The van der Waals surface area contributed by atoms with Gasteiger partial charge in [0.1, 0.15) is 29.7 Å². The van der Waals surface area contributed by atoms with Crippen molar-refractivity contribution in [1.82, 2.24) is 4.90 Å². The fourth-order valence-electron chi connectivity index (χ4n) is 3.73. The Bertz CT molecular complexity index is 993. The van der Waals surface area contributed by atoms with Gasteiger partial charge in [-0.25, -0.2) is 0 Å². The van der Waals surface area contributed by atoms with Crippen molar-refractivity contribution in [1.29, 1.82) is 0 Å². The number of ketones is 1. The van der Waals surface area contributed by atoms with Crippen molar-refractivity contribution in [3.05, 3.63) is 52.8 Å². The van der Waals surface area contributed by atoms with Crippen LogP contribution in [0.3, 0.4) is 0 Å². The first kappa shape index (κ1) is 17.1. The molecule has 2 aromatic carbocycles. The van der Waals surface area contributed by atoms with Crippen molar-refractivity contribution in [2.24, 2.45) is 0 Å². The summed E-state index contributed by atoms with van der Waals surface area (Å²) in [6, 6.07) is 9.69. The van der Waals surface area contributed by atoms with Crippen LogP contribution >= 0.6 is 0 Å². The molecule has 0 atom stereocenters. The highest BCUT2D eigenvalue weighted by Crippen LogP contribution is 2.44. The fourth-order valence-corrected chi connectivity index (χ4v) is 3.73. The van der Waals surface area contributed by atoms with Crippen molar-refractivity contribution < 1.29 is 23.7 Å². The summed E-state index contributed by atoms with van der Waals surface area (Å²) in [7, 11) is 3.19. The molecule has 1 fully saturated rings. The second kappa shape index (κ2) is 6.56. The van der Waals surface area contributed by atoms with E-state index >= 15 is 0 Å². The number of rotatable bonds is 4. The maximum absolute atomic E-state index is 12.9. The average molecular weight is 379 g/mol. The van der Waals surface area contributed by atoms with Gasteiger partial charge in [0.15, 0.2) is 5.76 Å². The minimum atomic E-state index is -0.126. The molecule has 6 heteroatoms. The first-order chi connectivity index (χ1) is 13.7. The first-order valence-corrected chi connectivity index (χ1v) is 9.37. The van der Waals surface area contributed by atoms with Gasteiger partial charge < -0.3 is 18.9 Å². The highest BCUT2D eigenvalue weighted by Gasteiger charge is 2.37. The molecule has 0 radical (unpaired) electrons. The zero-order chi connectivity index (χ0) is 19.3. The van der Waals surface area contributed by atoms with Gasteiger partial charge >= 0.3 is 0 Å². The Labute approximate surface area is 163 Å². The Morgan fingerprint density at radius 3 is 2.75 bits per heavy atom. The third kappa shape index (κ3) is 2.81. The van der Waals surface area contributed by atoms with Crippen molar-refractivity contribution in [3.8, 4) is 23.0 Å². The van der Waals surface area contributed by atoms with Gasteiger partial charge in [0, 0.05) is 24.2 Å². The van der Waals surface area contributed by atoms with Gasteiger partial charge in [-0.15, -0.1) is 0 Å². The van der Waals surface area contributed by atoms with E-state index in [-0.39, 0.29) is 11.5 Å². The van der Waals surface area contributed by atoms with Gasteiger partial charge in [-0.3, -0.25) is 9.69 Å². The third-order valence-electron chi connectivity index (χ3n) is 5.44. The number of allylic oxidation sites excluding steroid dienone is 1. The summed E-state index contributed by atoms with van der Waals surface area (Å²) in [5.74, 6) is 2.88. The summed E-state index contributed by atoms with van der Waals surface area (Å²) in [4.78, 5) is 15.2. The number of carbonyl (C=O) groups is 1. The molecule has 3 aliphatic rings. The lowest BCUT2D eigenvalue weighted by Crippen LogP contribution is -2.33. The predicted molar refractivity (Wildman–Crippen MR) is 103 cm³/mol. The molecule has 1 aliphatic carbocycles. The van der Waals surface area contributed by atoms with Gasteiger partial charge in [-0.2, -0.15) is 0 Å². The van der Waals surface area contributed by atoms with E-state index in [4.69, 9.17) is 18.9 Å². The first-order valence-electron chi connectivity index (χ1n) is 9.37. The third-order valence-corrected chi connectivity index (χ3v) is 5.44. The van der Waals surface area contributed by atoms with Crippen LogP contribution in [0.5, 0.6) is 23.0 Å². The summed E-state index contributed by atoms with van der Waals surface area (Å²) in [6.45, 7) is 1.34. The number of Topliss-reactive ketones (excluding diaryl/α,β-unsaturated/α-hetero) is 1. The second-order valence-electron chi connectivity index (χ2n) is 7.22. The minimum Gasteiger partial charge on any atom is -0.497 e. The molecule has 6 nitrogen and oxygen atoms in total. The lowest BCUT2D eigenvalue weighted by atomic mass is 10.0. The molecule has 2 aliphatic heterocycles. The largest absolute Gasteiger partial charge is 0.497 e. The van der Waals surface area contributed by atoms with Gasteiger partial charge in [0.2, 0.25) is 5.78 Å². The quantitative estimate of drug-likeness (QED) is 0.756. The normalized spacial score (nSPS) is 19.6. The molecule has 0 aromatic heterocycles. The van der Waals surface area contributed by atoms with Crippen molar-refractivity contribution in [2.75, 3.05) is 21.0 Å². The summed E-state index contributed by atoms with van der Waals surface area (Å²) >= 11 is 0. The van der Waals surface area contributed by atoms with Crippen molar-refractivity contribution >= 4 is 11.9 Å². The minimum absolute atomic E-state index is 0.126. The standard InChI is InChI=1S/C22H21NO5/c1-25-15-6-3-13(19(10-15)26-2)9-20-21(24)16-7-8-18-17(22(16)28-20)11-23(12-27-18)14-4-5-14/h3,6-10,14H,4-5,11-12H2,1-2H3/b20-9-. The molecule has 0 N–H and O–H groups in total. The van der Waals surface area contributed by atoms with E-state index in [9.17, 15) is 4.79 Å². The highest BCUT2D eigenvalue weighted by molar-refractivity contribution is 6.15. The van der Waals surface area contributed by atoms with Crippen LogP contribution in [-0.4, -0.2) is 37.7 Å². The Morgan fingerprint density at radius 2 is 2.00 bits per heavy atom. The van der Waals surface area contributed by atoms with Crippen LogP contribution in [0, 0.1) is 0 Å². The van der Waals surface area contributed by atoms with Crippen LogP contribution in [0.2, 0.25) is 0 Å². The molecule has 2 heterocycles. The predicted octanol–water partition coefficient (Wildman–Crippen LogP) is 3.63. The van der Waals surface area contributed by atoms with Crippen molar-refractivity contribution in [2.45, 2.75) is 25.4 Å². The molecule has 1 saturated carbocycles. The summed E-state index contributed by atoms with van der Waals surface area (Å²) in [5.41, 5.74) is 2.29. The molecule has 28 heavy (non-hydrogen) atoms. The number of carbonyl (C=O) groups excluding carboxylic acids is 1. The zero-order valence-electron chi connectivity index (χ0n) is 15.9. The smallest absolute Gasteiger partial charge is 0.231 e. The van der Waals surface area contributed by atoms with E-state index in [0.29, 0.717) is 35.6 Å². The number of fused-ring (bicyclic) bond motifs is 3. The van der Waals surface area contributed by atoms with Crippen molar-refractivity contribution in [3.63, 3.8) is 0 Å². The van der Waals surface area contributed by atoms with E-state index in [0.717, 1.165) is 23.4 Å². The number of ether oxygens (including phenoxy) is 4. The topological polar surface area (TPSA) is 57.2 Å². The SMILES string of the molecule is COc1ccc(/C=C2\Oc3c(ccc4c3CN(C3CC3)CO4)C2=O)c(OC)c1. The van der Waals surface area contributed by atoms with E-state index in [1.807, 2.05) is 18.2 Å². The Morgan fingerprint density at radius 1 is 1.14 bits per heavy atom. The maximum Gasteiger partial charge on any atom is 0.231 e. The zero-order valence-corrected chi connectivity index (χ0v) is 15.9.